The second-order valence-corrected chi connectivity index (χ2v) is 4.15. The molecule has 0 saturated carbocycles. The molecule has 6 heteroatoms. The number of hydrogen-bond acceptors (Lipinski definition) is 5. The van der Waals surface area contributed by atoms with Crippen LogP contribution in [0.5, 0.6) is 0 Å². The first-order valence-electron chi connectivity index (χ1n) is 5.69. The van der Waals surface area contributed by atoms with Gasteiger partial charge in [0.25, 0.3) is 0 Å². The number of hydrogen-bond donors (Lipinski definition) is 0. The SMILES string of the molecule is COC(=O)/C(=C\c1ccccc1Cl)C(=O)C(OC)OC. The van der Waals surface area contributed by atoms with E-state index in [1.54, 1.807) is 24.3 Å². The van der Waals surface area contributed by atoms with Gasteiger partial charge >= 0.3 is 5.97 Å². The van der Waals surface area contributed by atoms with Crippen molar-refractivity contribution in [2.45, 2.75) is 6.29 Å². The Labute approximate surface area is 122 Å². The summed E-state index contributed by atoms with van der Waals surface area (Å²) >= 11 is 6.00. The first-order chi connectivity index (χ1) is 9.54. The number of esters is 1. The van der Waals surface area contributed by atoms with Gasteiger partial charge < -0.3 is 14.2 Å². The van der Waals surface area contributed by atoms with E-state index in [9.17, 15) is 9.59 Å². The molecule has 20 heavy (non-hydrogen) atoms. The van der Waals surface area contributed by atoms with Gasteiger partial charge in [0.2, 0.25) is 12.1 Å². The summed E-state index contributed by atoms with van der Waals surface area (Å²) in [6, 6.07) is 6.80. The summed E-state index contributed by atoms with van der Waals surface area (Å²) in [7, 11) is 3.79. The van der Waals surface area contributed by atoms with Crippen LogP contribution in [0.2, 0.25) is 5.02 Å². The lowest BCUT2D eigenvalue weighted by Gasteiger charge is -2.13. The minimum Gasteiger partial charge on any atom is -0.465 e. The van der Waals surface area contributed by atoms with Gasteiger partial charge in [0.1, 0.15) is 5.57 Å². The molecule has 0 N–H and O–H groups in total. The summed E-state index contributed by atoms with van der Waals surface area (Å²) < 4.78 is 14.3. The van der Waals surface area contributed by atoms with E-state index >= 15 is 0 Å². The maximum atomic E-state index is 12.2. The maximum absolute atomic E-state index is 12.2. The highest BCUT2D eigenvalue weighted by molar-refractivity contribution is 6.32. The fraction of sp³-hybridized carbons (Fsp3) is 0.286. The van der Waals surface area contributed by atoms with Gasteiger partial charge in [-0.2, -0.15) is 0 Å². The van der Waals surface area contributed by atoms with Crippen LogP contribution in [-0.4, -0.2) is 39.4 Å². The predicted octanol–water partition coefficient (Wildman–Crippen LogP) is 2.08. The molecule has 0 radical (unpaired) electrons. The molecule has 5 nitrogen and oxygen atoms in total. The van der Waals surface area contributed by atoms with Crippen molar-refractivity contribution in [2.24, 2.45) is 0 Å². The minimum atomic E-state index is -1.18. The third-order valence-corrected chi connectivity index (χ3v) is 2.86. The van der Waals surface area contributed by atoms with E-state index in [0.29, 0.717) is 10.6 Å². The van der Waals surface area contributed by atoms with Gasteiger partial charge in [-0.3, -0.25) is 4.79 Å². The number of ether oxygens (including phenoxy) is 3. The molecule has 0 fully saturated rings. The molecule has 0 amide bonds. The molecule has 1 aromatic rings. The fourth-order valence-electron chi connectivity index (χ4n) is 1.53. The number of carbonyl (C=O) groups is 2. The molecule has 1 rings (SSSR count). The quantitative estimate of drug-likeness (QED) is 0.264. The Morgan fingerprint density at radius 2 is 1.75 bits per heavy atom. The average Bonchev–Trinajstić information content (AvgIpc) is 2.46. The van der Waals surface area contributed by atoms with Crippen LogP contribution in [0.15, 0.2) is 29.8 Å². The Hall–Kier alpha value is -1.69. The summed E-state index contributed by atoms with van der Waals surface area (Å²) in [6.45, 7) is 0. The molecule has 0 spiro atoms. The number of methoxy groups -OCH3 is 3. The normalized spacial score (nSPS) is 11.6. The Morgan fingerprint density at radius 1 is 1.15 bits per heavy atom. The lowest BCUT2D eigenvalue weighted by molar-refractivity contribution is -0.155. The van der Waals surface area contributed by atoms with E-state index < -0.39 is 18.0 Å². The van der Waals surface area contributed by atoms with Gasteiger partial charge in [0, 0.05) is 19.2 Å². The molecular formula is C14H15ClO5. The van der Waals surface area contributed by atoms with Crippen molar-refractivity contribution in [3.63, 3.8) is 0 Å². The zero-order chi connectivity index (χ0) is 15.1. The Kier molecular flexibility index (Phi) is 6.38. The van der Waals surface area contributed by atoms with Crippen LogP contribution in [0.3, 0.4) is 0 Å². The van der Waals surface area contributed by atoms with Crippen molar-refractivity contribution in [1.82, 2.24) is 0 Å². The Morgan fingerprint density at radius 3 is 2.25 bits per heavy atom. The predicted molar refractivity (Wildman–Crippen MR) is 74.3 cm³/mol. The molecule has 0 bridgehead atoms. The van der Waals surface area contributed by atoms with Crippen LogP contribution in [-0.2, 0) is 23.8 Å². The van der Waals surface area contributed by atoms with Crippen molar-refractivity contribution in [3.05, 3.63) is 40.4 Å². The first kappa shape index (κ1) is 16.4. The average molecular weight is 299 g/mol. The molecule has 0 aromatic heterocycles. The number of halogens is 1. The Balaban J connectivity index is 3.23. The molecule has 108 valence electrons. The van der Waals surface area contributed by atoms with E-state index in [1.165, 1.54) is 27.4 Å². The van der Waals surface area contributed by atoms with Crippen LogP contribution in [0.1, 0.15) is 5.56 Å². The van der Waals surface area contributed by atoms with E-state index in [1.807, 2.05) is 0 Å². The zero-order valence-corrected chi connectivity index (χ0v) is 12.1. The third-order valence-electron chi connectivity index (χ3n) is 2.52. The Bertz CT molecular complexity index is 520. The number of Topliss-reactive ketones (excluding diaryl/α,β-unsaturated/α-hetero) is 1. The van der Waals surface area contributed by atoms with Crippen LogP contribution in [0, 0.1) is 0 Å². The van der Waals surface area contributed by atoms with E-state index in [-0.39, 0.29) is 5.57 Å². The van der Waals surface area contributed by atoms with Gasteiger partial charge in [-0.25, -0.2) is 4.79 Å². The molecule has 0 heterocycles. The second-order valence-electron chi connectivity index (χ2n) is 3.74. The van der Waals surface area contributed by atoms with Crippen LogP contribution < -0.4 is 0 Å². The van der Waals surface area contributed by atoms with Crippen molar-refractivity contribution < 1.29 is 23.8 Å². The summed E-state index contributed by atoms with van der Waals surface area (Å²) in [6.07, 6.45) is 0.171. The van der Waals surface area contributed by atoms with Gasteiger partial charge in [-0.15, -0.1) is 0 Å². The van der Waals surface area contributed by atoms with Gasteiger partial charge in [-0.05, 0) is 17.7 Å². The topological polar surface area (TPSA) is 61.8 Å². The molecular weight excluding hydrogens is 284 g/mol. The molecule has 0 atom stereocenters. The number of carbonyl (C=O) groups excluding carboxylic acids is 2. The molecule has 1 aromatic carbocycles. The number of ketones is 1. The van der Waals surface area contributed by atoms with Gasteiger partial charge in [0.15, 0.2) is 0 Å². The highest BCUT2D eigenvalue weighted by Crippen LogP contribution is 2.20. The van der Waals surface area contributed by atoms with Crippen molar-refractivity contribution in [2.75, 3.05) is 21.3 Å². The third kappa shape index (κ3) is 3.90. The lowest BCUT2D eigenvalue weighted by Crippen LogP contribution is -2.29. The van der Waals surface area contributed by atoms with Gasteiger partial charge in [0.05, 0.1) is 7.11 Å². The minimum absolute atomic E-state index is 0.200. The van der Waals surface area contributed by atoms with Crippen LogP contribution in [0.25, 0.3) is 6.08 Å². The van der Waals surface area contributed by atoms with E-state index in [2.05, 4.69) is 4.74 Å². The summed E-state index contributed by atoms with van der Waals surface area (Å²) in [5.74, 6) is -1.42. The highest BCUT2D eigenvalue weighted by Gasteiger charge is 2.27. The molecule has 0 aliphatic carbocycles. The van der Waals surface area contributed by atoms with Crippen LogP contribution >= 0.6 is 11.6 Å². The highest BCUT2D eigenvalue weighted by atomic mass is 35.5. The van der Waals surface area contributed by atoms with Crippen LogP contribution in [0.4, 0.5) is 0 Å². The summed E-state index contributed by atoms with van der Waals surface area (Å²) in [5, 5.41) is 0.410. The smallest absolute Gasteiger partial charge is 0.341 e. The molecule has 0 aliphatic rings. The standard InChI is InChI=1S/C14H15ClO5/c1-18-13(17)10(12(16)14(19-2)20-3)8-9-6-4-5-7-11(9)15/h4-8,14H,1-3H3/b10-8-. The molecule has 0 unspecified atom stereocenters. The monoisotopic (exact) mass is 298 g/mol. The summed E-state index contributed by atoms with van der Waals surface area (Å²) in [5.41, 5.74) is 0.322. The maximum Gasteiger partial charge on any atom is 0.341 e. The van der Waals surface area contributed by atoms with Crippen molar-refractivity contribution >= 4 is 29.4 Å². The second kappa shape index (κ2) is 7.79. The van der Waals surface area contributed by atoms with Gasteiger partial charge in [-0.1, -0.05) is 29.8 Å². The number of benzene rings is 1. The van der Waals surface area contributed by atoms with E-state index in [0.717, 1.165) is 0 Å². The zero-order valence-electron chi connectivity index (χ0n) is 11.4. The molecule has 0 aliphatic heterocycles. The lowest BCUT2D eigenvalue weighted by atomic mass is 10.1. The largest absolute Gasteiger partial charge is 0.465 e. The van der Waals surface area contributed by atoms with Crippen molar-refractivity contribution in [1.29, 1.82) is 0 Å². The first-order valence-corrected chi connectivity index (χ1v) is 6.07. The fourth-order valence-corrected chi connectivity index (χ4v) is 1.72. The summed E-state index contributed by atoms with van der Waals surface area (Å²) in [4.78, 5) is 23.9. The van der Waals surface area contributed by atoms with Crippen molar-refractivity contribution in [3.8, 4) is 0 Å². The molecule has 0 saturated heterocycles. The number of rotatable bonds is 6. The van der Waals surface area contributed by atoms with E-state index in [4.69, 9.17) is 21.1 Å².